The lowest BCUT2D eigenvalue weighted by atomic mass is 9.84. The molecule has 138 valence electrons. The Morgan fingerprint density at radius 3 is 2.33 bits per heavy atom. The summed E-state index contributed by atoms with van der Waals surface area (Å²) in [5.41, 5.74) is 7.69. The average Bonchev–Trinajstić information content (AvgIpc) is 2.91. The highest BCUT2D eigenvalue weighted by Gasteiger charge is 2.53. The number of rotatable bonds is 3. The number of benzene rings is 2. The monoisotopic (exact) mass is 372 g/mol. The number of hydrogen-bond acceptors (Lipinski definition) is 5. The maximum absolute atomic E-state index is 13.2. The van der Waals surface area contributed by atoms with E-state index in [2.05, 4.69) is 22.6 Å². The second-order valence-corrected chi connectivity index (χ2v) is 6.08. The number of terminal acetylenes is 1. The molecule has 2 unspecified atom stereocenters. The summed E-state index contributed by atoms with van der Waals surface area (Å²) in [5.74, 6) is 2.34. The molecule has 5 N–H and O–H groups in total. The van der Waals surface area contributed by atoms with Gasteiger partial charge >= 0.3 is 6.18 Å². The maximum Gasteiger partial charge on any atom is 0.431 e. The fraction of sp³-hybridized carbons (Fsp3) is 0.158. The first kappa shape index (κ1) is 18.6. The van der Waals surface area contributed by atoms with Crippen LogP contribution in [0.4, 0.5) is 18.9 Å². The van der Waals surface area contributed by atoms with Gasteiger partial charge in [-0.25, -0.2) is 4.99 Å². The maximum atomic E-state index is 13.2. The number of hydrogen-bond donors (Lipinski definition) is 3. The first-order chi connectivity index (χ1) is 12.6. The molecular formula is C19H15F3N4O. The van der Waals surface area contributed by atoms with Crippen molar-refractivity contribution in [2.45, 2.75) is 17.4 Å². The third-order valence-corrected chi connectivity index (χ3v) is 4.59. The molecule has 0 amide bonds. The van der Waals surface area contributed by atoms with Gasteiger partial charge in [0.15, 0.2) is 5.60 Å². The highest BCUT2D eigenvalue weighted by Crippen LogP contribution is 2.43. The number of alkyl halides is 3. The van der Waals surface area contributed by atoms with Crippen molar-refractivity contribution in [2.75, 3.05) is 0 Å². The Bertz CT molecular complexity index is 991. The first-order valence-corrected chi connectivity index (χ1v) is 7.70. The molecule has 3 rings (SSSR count). The molecule has 0 fully saturated rings. The molecule has 2 aromatic carbocycles. The van der Waals surface area contributed by atoms with Gasteiger partial charge in [-0.05, 0) is 30.5 Å². The van der Waals surface area contributed by atoms with Crippen LogP contribution in [-0.2, 0) is 11.3 Å². The van der Waals surface area contributed by atoms with Crippen LogP contribution in [-0.4, -0.2) is 23.8 Å². The number of halogens is 3. The smallest absolute Gasteiger partial charge is 0.384 e. The van der Waals surface area contributed by atoms with Crippen molar-refractivity contribution in [3.8, 4) is 12.3 Å². The van der Waals surface area contributed by atoms with Crippen LogP contribution >= 0.6 is 0 Å². The van der Waals surface area contributed by atoms with Gasteiger partial charge in [-0.1, -0.05) is 30.2 Å². The Morgan fingerprint density at radius 2 is 1.81 bits per heavy atom. The minimum Gasteiger partial charge on any atom is -0.384 e. The van der Waals surface area contributed by atoms with Crippen molar-refractivity contribution in [3.05, 3.63) is 64.7 Å². The number of fused-ring (bicyclic) bond motifs is 1. The van der Waals surface area contributed by atoms with E-state index in [4.69, 9.17) is 17.9 Å². The van der Waals surface area contributed by atoms with Crippen LogP contribution in [0.5, 0.6) is 0 Å². The van der Waals surface area contributed by atoms with Gasteiger partial charge in [-0.2, -0.15) is 13.2 Å². The minimum absolute atomic E-state index is 0.115. The lowest BCUT2D eigenvalue weighted by Gasteiger charge is -2.29. The molecule has 0 radical (unpaired) electrons. The van der Waals surface area contributed by atoms with Crippen molar-refractivity contribution < 1.29 is 18.3 Å². The fourth-order valence-electron chi connectivity index (χ4n) is 2.98. The zero-order chi connectivity index (χ0) is 20.0. The molecule has 5 nitrogen and oxygen atoms in total. The topological polar surface area (TPSA) is 97.0 Å². The summed E-state index contributed by atoms with van der Waals surface area (Å²) in [6.45, 7) is 2.95. The van der Waals surface area contributed by atoms with Crippen molar-refractivity contribution in [2.24, 2.45) is 21.5 Å². The summed E-state index contributed by atoms with van der Waals surface area (Å²) >= 11 is 0. The molecule has 27 heavy (non-hydrogen) atoms. The van der Waals surface area contributed by atoms with Gasteiger partial charge in [-0.15, -0.1) is 6.42 Å². The zero-order valence-corrected chi connectivity index (χ0v) is 14.0. The lowest BCUT2D eigenvalue weighted by Crippen LogP contribution is -2.48. The molecule has 2 aromatic rings. The minimum atomic E-state index is -4.84. The molecule has 2 atom stereocenters. The number of nitrogens with zero attached hydrogens (tertiary/aromatic N) is 2. The quantitative estimate of drug-likeness (QED) is 0.570. The van der Waals surface area contributed by atoms with Gasteiger partial charge in [-0.3, -0.25) is 10.7 Å². The Morgan fingerprint density at radius 1 is 1.19 bits per heavy atom. The van der Waals surface area contributed by atoms with Gasteiger partial charge in [0.05, 0.1) is 5.69 Å². The Labute approximate surface area is 153 Å². The molecule has 0 spiro atoms. The van der Waals surface area contributed by atoms with Crippen LogP contribution in [0.2, 0.25) is 0 Å². The summed E-state index contributed by atoms with van der Waals surface area (Å²) in [4.78, 5) is 7.18. The second kappa shape index (κ2) is 5.94. The normalized spacial score (nSPS) is 21.0. The van der Waals surface area contributed by atoms with Crippen LogP contribution in [0.25, 0.3) is 0 Å². The van der Waals surface area contributed by atoms with Gasteiger partial charge in [0, 0.05) is 16.7 Å². The van der Waals surface area contributed by atoms with E-state index < -0.39 is 17.4 Å². The van der Waals surface area contributed by atoms with Crippen LogP contribution in [0.1, 0.15) is 22.3 Å². The molecule has 0 bridgehead atoms. The summed E-state index contributed by atoms with van der Waals surface area (Å²) in [6, 6.07) is 9.62. The third-order valence-electron chi connectivity index (χ3n) is 4.59. The largest absolute Gasteiger partial charge is 0.431 e. The first-order valence-electron chi connectivity index (χ1n) is 7.70. The summed E-state index contributed by atoms with van der Waals surface area (Å²) in [5, 5.41) is 11.2. The molecule has 0 aliphatic carbocycles. The van der Waals surface area contributed by atoms with Crippen molar-refractivity contribution in [1.82, 2.24) is 0 Å². The second-order valence-electron chi connectivity index (χ2n) is 6.08. The molecule has 1 aliphatic rings. The Hall–Kier alpha value is -3.15. The molecule has 1 aliphatic heterocycles. The van der Waals surface area contributed by atoms with E-state index in [1.807, 2.05) is 0 Å². The van der Waals surface area contributed by atoms with E-state index in [-0.39, 0.29) is 17.0 Å². The van der Waals surface area contributed by atoms with Crippen LogP contribution in [0.3, 0.4) is 0 Å². The Kier molecular flexibility index (Phi) is 4.10. The van der Waals surface area contributed by atoms with Gasteiger partial charge < -0.3 is 10.8 Å². The van der Waals surface area contributed by atoms with Crippen molar-refractivity contribution in [1.29, 1.82) is 0 Å². The molecule has 0 saturated carbocycles. The molecular weight excluding hydrogens is 357 g/mol. The zero-order valence-electron chi connectivity index (χ0n) is 14.0. The van der Waals surface area contributed by atoms with E-state index >= 15 is 0 Å². The molecule has 8 heteroatoms. The lowest BCUT2D eigenvalue weighted by molar-refractivity contribution is -0.186. The van der Waals surface area contributed by atoms with Crippen molar-refractivity contribution in [3.63, 3.8) is 0 Å². The van der Waals surface area contributed by atoms with E-state index in [9.17, 15) is 18.3 Å². The highest BCUT2D eigenvalue weighted by molar-refractivity contribution is 6.00. The SMILES string of the molecule is C#Cc1ccc2c(c1)C(O)(c1ccc(C(N)(N=C)C(F)(F)F)cc1)C(N)=N2. The van der Waals surface area contributed by atoms with E-state index in [1.54, 1.807) is 18.2 Å². The van der Waals surface area contributed by atoms with Crippen LogP contribution < -0.4 is 11.5 Å². The van der Waals surface area contributed by atoms with E-state index in [0.29, 0.717) is 16.8 Å². The predicted octanol–water partition coefficient (Wildman–Crippen LogP) is 2.28. The highest BCUT2D eigenvalue weighted by atomic mass is 19.4. The Balaban J connectivity index is 2.11. The van der Waals surface area contributed by atoms with Gasteiger partial charge in [0.1, 0.15) is 5.84 Å². The molecule has 0 saturated heterocycles. The van der Waals surface area contributed by atoms with Gasteiger partial charge in [0.25, 0.3) is 0 Å². The van der Waals surface area contributed by atoms with Crippen LogP contribution in [0.15, 0.2) is 52.4 Å². The number of aliphatic hydroxyl groups is 1. The average molecular weight is 372 g/mol. The van der Waals surface area contributed by atoms with Crippen molar-refractivity contribution >= 4 is 18.2 Å². The van der Waals surface area contributed by atoms with Gasteiger partial charge in [0.2, 0.25) is 5.66 Å². The summed E-state index contributed by atoms with van der Waals surface area (Å²) in [6.07, 6.45) is 0.555. The number of aliphatic imine (C=N–C) groups is 2. The molecule has 1 heterocycles. The number of nitrogens with two attached hydrogens (primary N) is 2. The third kappa shape index (κ3) is 2.60. The summed E-state index contributed by atoms with van der Waals surface area (Å²) in [7, 11) is 0. The van der Waals surface area contributed by atoms with E-state index in [1.165, 1.54) is 12.1 Å². The van der Waals surface area contributed by atoms with Crippen LogP contribution in [0, 0.1) is 12.3 Å². The molecule has 0 aromatic heterocycles. The van der Waals surface area contributed by atoms with E-state index in [0.717, 1.165) is 12.1 Å². The summed E-state index contributed by atoms with van der Waals surface area (Å²) < 4.78 is 39.7. The number of amidine groups is 1. The predicted molar refractivity (Wildman–Crippen MR) is 96.6 cm³/mol. The fourth-order valence-corrected chi connectivity index (χ4v) is 2.98. The standard InChI is InChI=1S/C19H15F3N4O/c1-3-11-4-9-15-14(10-11)17(27,16(23)26-15)12-5-7-13(8-6-12)18(24,25-2)19(20,21)22/h1,4-10,27H,2,24H2,(H2,23,26).